The lowest BCUT2D eigenvalue weighted by atomic mass is 9.61. The number of hydrogen-bond acceptors (Lipinski definition) is 7. The molecule has 3 fully saturated rings. The summed E-state index contributed by atoms with van der Waals surface area (Å²) in [6.45, 7) is 3.62. The molecule has 0 amide bonds. The van der Waals surface area contributed by atoms with E-state index in [0.717, 1.165) is 76.6 Å². The molecule has 4 rings (SSSR count). The molecule has 7 nitrogen and oxygen atoms in total. The van der Waals surface area contributed by atoms with Crippen molar-refractivity contribution in [3.63, 3.8) is 0 Å². The molecule has 0 aromatic carbocycles. The molecule has 0 bridgehead atoms. The van der Waals surface area contributed by atoms with Crippen LogP contribution < -0.4 is 15.5 Å². The first-order valence-electron chi connectivity index (χ1n) is 8.79. The minimum Gasteiger partial charge on any atom is -0.393 e. The van der Waals surface area contributed by atoms with Gasteiger partial charge in [0.1, 0.15) is 6.33 Å². The molecule has 3 N–H and O–H groups in total. The lowest BCUT2D eigenvalue weighted by Gasteiger charge is -2.51. The number of anilines is 2. The fourth-order valence-electron chi connectivity index (χ4n) is 4.19. The number of aliphatic hydroxyl groups excluding tert-OH is 1. The van der Waals surface area contributed by atoms with Gasteiger partial charge in [-0.15, -0.1) is 0 Å². The maximum Gasteiger partial charge on any atom is 0.230 e. The van der Waals surface area contributed by atoms with Crippen molar-refractivity contribution in [3.8, 4) is 0 Å². The Balaban J connectivity index is 1.44. The van der Waals surface area contributed by atoms with Gasteiger partial charge in [0.2, 0.25) is 11.9 Å². The summed E-state index contributed by atoms with van der Waals surface area (Å²) in [6, 6.07) is 0.207. The maximum atomic E-state index is 10.0. The minimum absolute atomic E-state index is 0.103. The van der Waals surface area contributed by atoms with Gasteiger partial charge in [-0.2, -0.15) is 4.98 Å². The van der Waals surface area contributed by atoms with Gasteiger partial charge in [0.05, 0.1) is 6.10 Å². The molecule has 1 aromatic rings. The SMILES string of the molecule is NC1CCCN(c2ncnc(N3CCC4(CCC4O)CC3)n2)C1. The van der Waals surface area contributed by atoms with Gasteiger partial charge < -0.3 is 20.6 Å². The number of piperidine rings is 2. The summed E-state index contributed by atoms with van der Waals surface area (Å²) in [5.41, 5.74) is 6.23. The van der Waals surface area contributed by atoms with E-state index < -0.39 is 0 Å². The number of aromatic nitrogens is 3. The maximum absolute atomic E-state index is 10.0. The Hall–Kier alpha value is -1.47. The number of nitrogens with two attached hydrogens (primary N) is 1. The third-order valence-corrected chi connectivity index (χ3v) is 5.95. The van der Waals surface area contributed by atoms with Crippen LogP contribution in [0.5, 0.6) is 0 Å². The average Bonchev–Trinajstić information content (AvgIpc) is 2.61. The van der Waals surface area contributed by atoms with E-state index in [1.165, 1.54) is 0 Å². The first-order valence-corrected chi connectivity index (χ1v) is 8.79. The monoisotopic (exact) mass is 318 g/mol. The van der Waals surface area contributed by atoms with E-state index in [1.807, 2.05) is 0 Å². The van der Waals surface area contributed by atoms with Crippen molar-refractivity contribution in [1.82, 2.24) is 15.0 Å². The van der Waals surface area contributed by atoms with Gasteiger partial charge in [0.15, 0.2) is 0 Å². The second-order valence-corrected chi connectivity index (χ2v) is 7.34. The molecule has 2 aliphatic heterocycles. The summed E-state index contributed by atoms with van der Waals surface area (Å²) >= 11 is 0. The molecule has 2 unspecified atom stereocenters. The van der Waals surface area contributed by atoms with Crippen molar-refractivity contribution < 1.29 is 5.11 Å². The second kappa shape index (κ2) is 5.87. The second-order valence-electron chi connectivity index (χ2n) is 7.34. The van der Waals surface area contributed by atoms with Crippen LogP contribution in [0.15, 0.2) is 6.33 Å². The molecule has 3 aliphatic rings. The van der Waals surface area contributed by atoms with Crippen LogP contribution in [0.1, 0.15) is 38.5 Å². The van der Waals surface area contributed by atoms with Crippen molar-refractivity contribution in [2.45, 2.75) is 50.7 Å². The Morgan fingerprint density at radius 1 is 1.04 bits per heavy atom. The molecule has 3 heterocycles. The summed E-state index contributed by atoms with van der Waals surface area (Å²) < 4.78 is 0. The van der Waals surface area contributed by atoms with Gasteiger partial charge in [0.25, 0.3) is 0 Å². The van der Waals surface area contributed by atoms with Crippen LogP contribution in [0, 0.1) is 5.41 Å². The van der Waals surface area contributed by atoms with Gasteiger partial charge in [0, 0.05) is 32.2 Å². The van der Waals surface area contributed by atoms with Crippen molar-refractivity contribution in [2.24, 2.45) is 11.1 Å². The van der Waals surface area contributed by atoms with Crippen molar-refractivity contribution >= 4 is 11.9 Å². The van der Waals surface area contributed by atoms with Crippen LogP contribution in [0.3, 0.4) is 0 Å². The fourth-order valence-corrected chi connectivity index (χ4v) is 4.19. The number of nitrogens with zero attached hydrogens (tertiary/aromatic N) is 5. The molecule has 0 radical (unpaired) electrons. The Morgan fingerprint density at radius 3 is 2.39 bits per heavy atom. The predicted octanol–water partition coefficient (Wildman–Crippen LogP) is 0.540. The van der Waals surface area contributed by atoms with Crippen LogP contribution >= 0.6 is 0 Å². The molecule has 1 aromatic heterocycles. The van der Waals surface area contributed by atoms with Crippen LogP contribution in [0.2, 0.25) is 0 Å². The molecular formula is C16H26N6O. The standard InChI is InChI=1S/C16H26N6O/c17-12-2-1-7-22(10-12)15-19-11-18-14(20-15)21-8-5-16(6-9-21)4-3-13(16)23/h11-13,23H,1-10,17H2. The average molecular weight is 318 g/mol. The Bertz CT molecular complexity index is 559. The van der Waals surface area contributed by atoms with E-state index in [9.17, 15) is 5.11 Å². The molecule has 1 spiro atoms. The van der Waals surface area contributed by atoms with Crippen LogP contribution in [-0.4, -0.2) is 58.4 Å². The zero-order valence-corrected chi connectivity index (χ0v) is 13.6. The molecule has 7 heteroatoms. The molecule has 23 heavy (non-hydrogen) atoms. The van der Waals surface area contributed by atoms with Gasteiger partial charge >= 0.3 is 0 Å². The van der Waals surface area contributed by atoms with E-state index >= 15 is 0 Å². The van der Waals surface area contributed by atoms with Crippen LogP contribution in [-0.2, 0) is 0 Å². The topological polar surface area (TPSA) is 91.4 Å². The normalized spacial score (nSPS) is 30.3. The molecule has 1 saturated carbocycles. The van der Waals surface area contributed by atoms with Crippen molar-refractivity contribution in [3.05, 3.63) is 6.33 Å². The number of aliphatic hydroxyl groups is 1. The van der Waals surface area contributed by atoms with Gasteiger partial charge in [-0.05, 0) is 43.9 Å². The van der Waals surface area contributed by atoms with Crippen molar-refractivity contribution in [1.29, 1.82) is 0 Å². The zero-order valence-electron chi connectivity index (χ0n) is 13.6. The summed E-state index contributed by atoms with van der Waals surface area (Å²) in [6.07, 6.45) is 7.86. The highest BCUT2D eigenvalue weighted by Gasteiger charge is 2.47. The fraction of sp³-hybridized carbons (Fsp3) is 0.812. The lowest BCUT2D eigenvalue weighted by molar-refractivity contribution is -0.0794. The van der Waals surface area contributed by atoms with Gasteiger partial charge in [-0.1, -0.05) is 0 Å². The van der Waals surface area contributed by atoms with Gasteiger partial charge in [-0.3, -0.25) is 0 Å². The molecule has 1 aliphatic carbocycles. The Morgan fingerprint density at radius 2 is 1.78 bits per heavy atom. The quantitative estimate of drug-likeness (QED) is 0.822. The van der Waals surface area contributed by atoms with E-state index in [1.54, 1.807) is 6.33 Å². The lowest BCUT2D eigenvalue weighted by Crippen LogP contribution is -2.52. The Labute approximate surface area is 136 Å². The van der Waals surface area contributed by atoms with Crippen LogP contribution in [0.4, 0.5) is 11.9 Å². The van der Waals surface area contributed by atoms with E-state index in [0.29, 0.717) is 0 Å². The highest BCUT2D eigenvalue weighted by atomic mass is 16.3. The Kier molecular flexibility index (Phi) is 3.85. The summed E-state index contributed by atoms with van der Waals surface area (Å²) in [5.74, 6) is 1.51. The molecule has 2 saturated heterocycles. The molecular weight excluding hydrogens is 292 g/mol. The highest BCUT2D eigenvalue weighted by Crippen LogP contribution is 2.49. The largest absolute Gasteiger partial charge is 0.393 e. The van der Waals surface area contributed by atoms with Gasteiger partial charge in [-0.25, -0.2) is 9.97 Å². The summed E-state index contributed by atoms with van der Waals surface area (Å²) in [7, 11) is 0. The summed E-state index contributed by atoms with van der Waals surface area (Å²) in [4.78, 5) is 17.8. The summed E-state index contributed by atoms with van der Waals surface area (Å²) in [5, 5.41) is 10.0. The predicted molar refractivity (Wildman–Crippen MR) is 88.4 cm³/mol. The zero-order chi connectivity index (χ0) is 15.9. The van der Waals surface area contributed by atoms with E-state index in [2.05, 4.69) is 24.8 Å². The molecule has 126 valence electrons. The number of hydrogen-bond donors (Lipinski definition) is 2. The smallest absolute Gasteiger partial charge is 0.230 e. The van der Waals surface area contributed by atoms with E-state index in [-0.39, 0.29) is 17.6 Å². The number of rotatable bonds is 2. The van der Waals surface area contributed by atoms with E-state index in [4.69, 9.17) is 5.73 Å². The third-order valence-electron chi connectivity index (χ3n) is 5.95. The molecule has 2 atom stereocenters. The van der Waals surface area contributed by atoms with Crippen molar-refractivity contribution in [2.75, 3.05) is 36.0 Å². The first-order chi connectivity index (χ1) is 11.2. The minimum atomic E-state index is -0.103. The highest BCUT2D eigenvalue weighted by molar-refractivity contribution is 5.39. The van der Waals surface area contributed by atoms with Crippen LogP contribution in [0.25, 0.3) is 0 Å². The third kappa shape index (κ3) is 2.76. The first kappa shape index (κ1) is 15.1.